The summed E-state index contributed by atoms with van der Waals surface area (Å²) in [6.45, 7) is 3.99. The average molecular weight is 251 g/mol. The maximum atomic E-state index is 5.05. The fourth-order valence-electron chi connectivity index (χ4n) is 1.51. The Labute approximate surface area is 109 Å². The second-order valence-corrected chi connectivity index (χ2v) is 4.62. The molecule has 3 nitrogen and oxygen atoms in total. The standard InChI is InChI=1S/C13H21N3S/c1-11(9-15-13(17)14-2)16(3)10-12-7-5-4-6-8-12/h4-8,11H,9-10H2,1-3H3,(H2,14,15,17). The number of nitrogens with zero attached hydrogens (tertiary/aromatic N) is 1. The monoisotopic (exact) mass is 251 g/mol. The molecule has 0 heterocycles. The van der Waals surface area contributed by atoms with Gasteiger partial charge in [-0.25, -0.2) is 0 Å². The number of benzene rings is 1. The smallest absolute Gasteiger partial charge is 0.166 e. The van der Waals surface area contributed by atoms with E-state index in [-0.39, 0.29) is 0 Å². The van der Waals surface area contributed by atoms with Crippen LogP contribution in [0.4, 0.5) is 0 Å². The van der Waals surface area contributed by atoms with Crippen LogP contribution < -0.4 is 10.6 Å². The van der Waals surface area contributed by atoms with E-state index in [9.17, 15) is 0 Å². The highest BCUT2D eigenvalue weighted by Crippen LogP contribution is 2.05. The van der Waals surface area contributed by atoms with Crippen LogP contribution in [0.5, 0.6) is 0 Å². The predicted octanol–water partition coefficient (Wildman–Crippen LogP) is 1.60. The van der Waals surface area contributed by atoms with Crippen LogP contribution in [0.2, 0.25) is 0 Å². The molecule has 4 heteroatoms. The summed E-state index contributed by atoms with van der Waals surface area (Å²) in [4.78, 5) is 2.31. The summed E-state index contributed by atoms with van der Waals surface area (Å²) in [6, 6.07) is 10.9. The highest BCUT2D eigenvalue weighted by atomic mass is 32.1. The van der Waals surface area contributed by atoms with Gasteiger partial charge in [0.25, 0.3) is 0 Å². The van der Waals surface area contributed by atoms with Crippen molar-refractivity contribution in [3.63, 3.8) is 0 Å². The Morgan fingerprint density at radius 2 is 2.00 bits per heavy atom. The number of nitrogens with one attached hydrogen (secondary N) is 2. The van der Waals surface area contributed by atoms with E-state index in [1.165, 1.54) is 5.56 Å². The van der Waals surface area contributed by atoms with E-state index in [0.717, 1.165) is 13.1 Å². The summed E-state index contributed by atoms with van der Waals surface area (Å²) in [7, 11) is 3.95. The third-order valence-electron chi connectivity index (χ3n) is 2.81. The molecule has 0 saturated carbocycles. The van der Waals surface area contributed by atoms with Crippen LogP contribution in [0.15, 0.2) is 30.3 Å². The van der Waals surface area contributed by atoms with Gasteiger partial charge in [-0.3, -0.25) is 4.90 Å². The fourth-order valence-corrected chi connectivity index (χ4v) is 1.60. The SMILES string of the molecule is CNC(=S)NCC(C)N(C)Cc1ccccc1. The second kappa shape index (κ2) is 7.25. The molecule has 1 rings (SSSR count). The number of likely N-dealkylation sites (N-methyl/N-ethyl adjacent to an activating group) is 1. The topological polar surface area (TPSA) is 27.3 Å². The van der Waals surface area contributed by atoms with E-state index < -0.39 is 0 Å². The molecule has 0 amide bonds. The summed E-state index contributed by atoms with van der Waals surface area (Å²) in [5, 5.41) is 6.79. The molecule has 0 aromatic heterocycles. The Balaban J connectivity index is 2.37. The predicted molar refractivity (Wildman–Crippen MR) is 77.0 cm³/mol. The van der Waals surface area contributed by atoms with Crippen LogP contribution >= 0.6 is 12.2 Å². The fraction of sp³-hybridized carbons (Fsp3) is 0.462. The van der Waals surface area contributed by atoms with E-state index in [4.69, 9.17) is 12.2 Å². The van der Waals surface area contributed by atoms with Gasteiger partial charge in [-0.2, -0.15) is 0 Å². The Morgan fingerprint density at radius 3 is 2.59 bits per heavy atom. The van der Waals surface area contributed by atoms with Crippen molar-refractivity contribution in [3.05, 3.63) is 35.9 Å². The third kappa shape index (κ3) is 5.15. The van der Waals surface area contributed by atoms with E-state index >= 15 is 0 Å². The molecular weight excluding hydrogens is 230 g/mol. The van der Waals surface area contributed by atoms with Crippen molar-refractivity contribution in [1.29, 1.82) is 0 Å². The van der Waals surface area contributed by atoms with Crippen LogP contribution in [0.3, 0.4) is 0 Å². The first kappa shape index (κ1) is 13.9. The Kier molecular flexibility index (Phi) is 5.94. The number of rotatable bonds is 5. The normalized spacial score (nSPS) is 12.2. The summed E-state index contributed by atoms with van der Waals surface area (Å²) >= 11 is 5.05. The Hall–Kier alpha value is -1.13. The average Bonchev–Trinajstić information content (AvgIpc) is 2.36. The van der Waals surface area contributed by atoms with Crippen LogP contribution in [-0.4, -0.2) is 36.7 Å². The van der Waals surface area contributed by atoms with Gasteiger partial charge in [0.15, 0.2) is 5.11 Å². The van der Waals surface area contributed by atoms with Crippen molar-refractivity contribution in [3.8, 4) is 0 Å². The lowest BCUT2D eigenvalue weighted by Crippen LogP contribution is -2.42. The molecule has 0 radical (unpaired) electrons. The van der Waals surface area contributed by atoms with Gasteiger partial charge >= 0.3 is 0 Å². The molecule has 0 aliphatic carbocycles. The molecular formula is C13H21N3S. The van der Waals surface area contributed by atoms with Gasteiger partial charge in [-0.1, -0.05) is 30.3 Å². The molecule has 1 aromatic carbocycles. The quantitative estimate of drug-likeness (QED) is 0.777. The van der Waals surface area contributed by atoms with Gasteiger partial charge < -0.3 is 10.6 Å². The van der Waals surface area contributed by atoms with Crippen molar-refractivity contribution >= 4 is 17.3 Å². The summed E-state index contributed by atoms with van der Waals surface area (Å²) in [5.41, 5.74) is 1.33. The molecule has 2 N–H and O–H groups in total. The minimum absolute atomic E-state index is 0.432. The molecule has 1 atom stereocenters. The van der Waals surface area contributed by atoms with Crippen LogP contribution in [0, 0.1) is 0 Å². The zero-order chi connectivity index (χ0) is 12.7. The maximum absolute atomic E-state index is 5.05. The first-order valence-corrected chi connectivity index (χ1v) is 6.24. The van der Waals surface area contributed by atoms with Gasteiger partial charge in [0.2, 0.25) is 0 Å². The lowest BCUT2D eigenvalue weighted by atomic mass is 10.2. The zero-order valence-corrected chi connectivity index (χ0v) is 11.6. The number of hydrogen-bond acceptors (Lipinski definition) is 2. The summed E-state index contributed by atoms with van der Waals surface area (Å²) < 4.78 is 0. The minimum Gasteiger partial charge on any atom is -0.366 e. The lowest BCUT2D eigenvalue weighted by Gasteiger charge is -2.25. The molecule has 0 aliphatic rings. The number of hydrogen-bond donors (Lipinski definition) is 2. The van der Waals surface area contributed by atoms with Crippen molar-refractivity contribution in [2.24, 2.45) is 0 Å². The van der Waals surface area contributed by atoms with Gasteiger partial charge in [0, 0.05) is 26.2 Å². The molecule has 1 unspecified atom stereocenters. The Bertz CT molecular complexity index is 340. The van der Waals surface area contributed by atoms with Crippen molar-refractivity contribution in [2.45, 2.75) is 19.5 Å². The molecule has 0 aliphatic heterocycles. The third-order valence-corrected chi connectivity index (χ3v) is 3.16. The molecule has 94 valence electrons. The lowest BCUT2D eigenvalue weighted by molar-refractivity contribution is 0.249. The van der Waals surface area contributed by atoms with E-state index in [0.29, 0.717) is 11.2 Å². The summed E-state index contributed by atoms with van der Waals surface area (Å²) in [5.74, 6) is 0. The summed E-state index contributed by atoms with van der Waals surface area (Å²) in [6.07, 6.45) is 0. The van der Waals surface area contributed by atoms with E-state index in [1.54, 1.807) is 0 Å². The van der Waals surface area contributed by atoms with E-state index in [1.807, 2.05) is 13.1 Å². The highest BCUT2D eigenvalue weighted by Gasteiger charge is 2.09. The first-order chi connectivity index (χ1) is 8.13. The molecule has 1 aromatic rings. The van der Waals surface area contributed by atoms with Crippen LogP contribution in [0.1, 0.15) is 12.5 Å². The van der Waals surface area contributed by atoms with Gasteiger partial charge in [0.1, 0.15) is 0 Å². The maximum Gasteiger partial charge on any atom is 0.166 e. The van der Waals surface area contributed by atoms with Crippen LogP contribution in [-0.2, 0) is 6.54 Å². The molecule has 17 heavy (non-hydrogen) atoms. The largest absolute Gasteiger partial charge is 0.366 e. The first-order valence-electron chi connectivity index (χ1n) is 5.83. The van der Waals surface area contributed by atoms with Gasteiger partial charge in [-0.05, 0) is 31.8 Å². The molecule has 0 fully saturated rings. The van der Waals surface area contributed by atoms with Crippen molar-refractivity contribution in [1.82, 2.24) is 15.5 Å². The number of thiocarbonyl (C=S) groups is 1. The van der Waals surface area contributed by atoms with Gasteiger partial charge in [0.05, 0.1) is 0 Å². The minimum atomic E-state index is 0.432. The van der Waals surface area contributed by atoms with E-state index in [2.05, 4.69) is 53.8 Å². The molecule has 0 spiro atoms. The van der Waals surface area contributed by atoms with Crippen molar-refractivity contribution < 1.29 is 0 Å². The molecule has 0 saturated heterocycles. The Morgan fingerprint density at radius 1 is 1.35 bits per heavy atom. The van der Waals surface area contributed by atoms with Crippen molar-refractivity contribution in [2.75, 3.05) is 20.6 Å². The molecule has 0 bridgehead atoms. The van der Waals surface area contributed by atoms with Crippen LogP contribution in [0.25, 0.3) is 0 Å². The second-order valence-electron chi connectivity index (χ2n) is 4.21. The highest BCUT2D eigenvalue weighted by molar-refractivity contribution is 7.80. The van der Waals surface area contributed by atoms with Gasteiger partial charge in [-0.15, -0.1) is 0 Å². The zero-order valence-electron chi connectivity index (χ0n) is 10.7.